The Kier molecular flexibility index (Phi) is 2.29. The number of hydrogen-bond donors (Lipinski definition) is 0. The van der Waals surface area contributed by atoms with Gasteiger partial charge in [0, 0.05) is 6.20 Å². The molecule has 0 amide bonds. The summed E-state index contributed by atoms with van der Waals surface area (Å²) < 4.78 is 1.36. The van der Waals surface area contributed by atoms with Crippen LogP contribution in [0.2, 0.25) is 0 Å². The molecular formula is C10H9N3O2. The molecule has 0 atom stereocenters. The Morgan fingerprint density at radius 3 is 2.87 bits per heavy atom. The molecular weight excluding hydrogens is 194 g/mol. The predicted octanol–water partition coefficient (Wildman–Crippen LogP) is 0.299. The highest BCUT2D eigenvalue weighted by atomic mass is 16.1. The number of fused-ring (bicyclic) bond motifs is 1. The number of carbonyl (C=O) groups is 1. The van der Waals surface area contributed by atoms with Gasteiger partial charge in [-0.3, -0.25) is 9.36 Å². The summed E-state index contributed by atoms with van der Waals surface area (Å²) in [7, 11) is 0. The highest BCUT2D eigenvalue weighted by molar-refractivity contribution is 5.71. The molecule has 5 nitrogen and oxygen atoms in total. The van der Waals surface area contributed by atoms with E-state index in [0.717, 1.165) is 5.56 Å². The molecule has 2 heterocycles. The summed E-state index contributed by atoms with van der Waals surface area (Å²) in [6, 6.07) is 1.79. The van der Waals surface area contributed by atoms with Gasteiger partial charge < -0.3 is 4.79 Å². The van der Waals surface area contributed by atoms with Gasteiger partial charge >= 0.3 is 0 Å². The first kappa shape index (κ1) is 9.51. The van der Waals surface area contributed by atoms with Crippen molar-refractivity contribution in [2.45, 2.75) is 13.5 Å². The van der Waals surface area contributed by atoms with E-state index in [1.54, 1.807) is 12.3 Å². The van der Waals surface area contributed by atoms with Gasteiger partial charge in [-0.1, -0.05) is 0 Å². The average Bonchev–Trinajstić information content (AvgIpc) is 2.23. The standard InChI is InChI=1S/C10H9N3O2/c1-7-4-8-10(11-5-7)12-6-9(15)13(8)2-3-14/h3-6H,2H2,1H3. The zero-order chi connectivity index (χ0) is 10.8. The van der Waals surface area contributed by atoms with E-state index in [1.807, 2.05) is 6.92 Å². The van der Waals surface area contributed by atoms with Crippen LogP contribution in [0.4, 0.5) is 0 Å². The molecule has 2 aromatic heterocycles. The molecule has 0 aliphatic heterocycles. The van der Waals surface area contributed by atoms with Gasteiger partial charge in [-0.25, -0.2) is 9.97 Å². The molecule has 0 bridgehead atoms. The maximum atomic E-state index is 11.4. The molecule has 0 aliphatic carbocycles. The monoisotopic (exact) mass is 203 g/mol. The van der Waals surface area contributed by atoms with E-state index >= 15 is 0 Å². The first-order chi connectivity index (χ1) is 7.22. The van der Waals surface area contributed by atoms with Gasteiger partial charge in [-0.15, -0.1) is 0 Å². The van der Waals surface area contributed by atoms with Crippen LogP contribution in [0.25, 0.3) is 11.2 Å². The lowest BCUT2D eigenvalue weighted by atomic mass is 10.3. The molecule has 2 aromatic rings. The van der Waals surface area contributed by atoms with Gasteiger partial charge in [0.15, 0.2) is 5.65 Å². The maximum absolute atomic E-state index is 11.4. The molecule has 0 unspecified atom stereocenters. The topological polar surface area (TPSA) is 64.8 Å². The molecule has 0 N–H and O–H groups in total. The third-order valence-corrected chi connectivity index (χ3v) is 2.10. The molecule has 0 saturated carbocycles. The molecule has 76 valence electrons. The number of carbonyl (C=O) groups excluding carboxylic acids is 1. The summed E-state index contributed by atoms with van der Waals surface area (Å²) in [6.07, 6.45) is 3.53. The number of pyridine rings is 1. The van der Waals surface area contributed by atoms with E-state index in [4.69, 9.17) is 0 Å². The summed E-state index contributed by atoms with van der Waals surface area (Å²) in [6.45, 7) is 1.90. The van der Waals surface area contributed by atoms with E-state index < -0.39 is 0 Å². The third kappa shape index (κ3) is 1.63. The summed E-state index contributed by atoms with van der Waals surface area (Å²) in [5.74, 6) is 0. The van der Waals surface area contributed by atoms with Crippen molar-refractivity contribution >= 4 is 17.5 Å². The van der Waals surface area contributed by atoms with Crippen LogP contribution in [0.15, 0.2) is 23.3 Å². The number of hydrogen-bond acceptors (Lipinski definition) is 4. The lowest BCUT2D eigenvalue weighted by molar-refractivity contribution is -0.108. The van der Waals surface area contributed by atoms with Crippen LogP contribution in [0.3, 0.4) is 0 Å². The maximum Gasteiger partial charge on any atom is 0.270 e. The summed E-state index contributed by atoms with van der Waals surface area (Å²) in [5.41, 5.74) is 1.70. The van der Waals surface area contributed by atoms with Crippen molar-refractivity contribution in [3.63, 3.8) is 0 Å². The minimum Gasteiger partial charge on any atom is -0.301 e. The van der Waals surface area contributed by atoms with E-state index in [1.165, 1.54) is 10.8 Å². The zero-order valence-corrected chi connectivity index (χ0v) is 8.17. The number of aromatic nitrogens is 3. The minimum absolute atomic E-state index is 0.0307. The van der Waals surface area contributed by atoms with Crippen LogP contribution in [-0.2, 0) is 11.3 Å². The van der Waals surface area contributed by atoms with Crippen LogP contribution in [0.1, 0.15) is 5.56 Å². The molecule has 0 radical (unpaired) electrons. The Balaban J connectivity index is 2.84. The molecule has 0 spiro atoms. The number of rotatable bonds is 2. The summed E-state index contributed by atoms with van der Waals surface area (Å²) in [4.78, 5) is 29.9. The van der Waals surface area contributed by atoms with Crippen molar-refractivity contribution in [1.82, 2.24) is 14.5 Å². The first-order valence-electron chi connectivity index (χ1n) is 4.48. The van der Waals surface area contributed by atoms with Gasteiger partial charge in [0.2, 0.25) is 0 Å². The zero-order valence-electron chi connectivity index (χ0n) is 8.17. The second kappa shape index (κ2) is 3.61. The molecule has 0 fully saturated rings. The fraction of sp³-hybridized carbons (Fsp3) is 0.200. The molecule has 0 saturated heterocycles. The van der Waals surface area contributed by atoms with Gasteiger partial charge in [0.25, 0.3) is 5.56 Å². The summed E-state index contributed by atoms with van der Waals surface area (Å²) in [5, 5.41) is 0. The van der Waals surface area contributed by atoms with Crippen LogP contribution < -0.4 is 5.56 Å². The second-order valence-electron chi connectivity index (χ2n) is 3.23. The van der Waals surface area contributed by atoms with Crippen molar-refractivity contribution in [2.75, 3.05) is 0 Å². The molecule has 15 heavy (non-hydrogen) atoms. The number of aryl methyl sites for hydroxylation is 1. The predicted molar refractivity (Wildman–Crippen MR) is 54.6 cm³/mol. The second-order valence-corrected chi connectivity index (χ2v) is 3.23. The largest absolute Gasteiger partial charge is 0.301 e. The van der Waals surface area contributed by atoms with Gasteiger partial charge in [0.05, 0.1) is 18.3 Å². The highest BCUT2D eigenvalue weighted by Crippen LogP contribution is 2.07. The normalized spacial score (nSPS) is 10.5. The Labute approximate surface area is 85.4 Å². The van der Waals surface area contributed by atoms with Crippen molar-refractivity contribution < 1.29 is 4.79 Å². The van der Waals surface area contributed by atoms with Crippen LogP contribution in [0, 0.1) is 6.92 Å². The smallest absolute Gasteiger partial charge is 0.270 e. The van der Waals surface area contributed by atoms with Crippen molar-refractivity contribution in [3.8, 4) is 0 Å². The van der Waals surface area contributed by atoms with Crippen LogP contribution in [-0.4, -0.2) is 20.8 Å². The Morgan fingerprint density at radius 2 is 2.13 bits per heavy atom. The lowest BCUT2D eigenvalue weighted by Gasteiger charge is -2.05. The Bertz CT molecular complexity index is 574. The van der Waals surface area contributed by atoms with Gasteiger partial charge in [0.1, 0.15) is 6.29 Å². The van der Waals surface area contributed by atoms with E-state index in [-0.39, 0.29) is 12.1 Å². The SMILES string of the molecule is Cc1cnc2ncc(=O)n(CC=O)c2c1. The number of aldehydes is 1. The van der Waals surface area contributed by atoms with Crippen molar-refractivity contribution in [2.24, 2.45) is 0 Å². The van der Waals surface area contributed by atoms with Crippen molar-refractivity contribution in [1.29, 1.82) is 0 Å². The molecule has 0 aromatic carbocycles. The van der Waals surface area contributed by atoms with E-state index in [2.05, 4.69) is 9.97 Å². The third-order valence-electron chi connectivity index (χ3n) is 2.10. The molecule has 2 rings (SSSR count). The summed E-state index contributed by atoms with van der Waals surface area (Å²) >= 11 is 0. The minimum atomic E-state index is -0.290. The van der Waals surface area contributed by atoms with Crippen LogP contribution >= 0.6 is 0 Å². The van der Waals surface area contributed by atoms with Crippen molar-refractivity contribution in [3.05, 3.63) is 34.4 Å². The molecule has 0 aliphatic rings. The number of nitrogens with zero attached hydrogens (tertiary/aromatic N) is 3. The Hall–Kier alpha value is -2.04. The van der Waals surface area contributed by atoms with Crippen LogP contribution in [0.5, 0.6) is 0 Å². The van der Waals surface area contributed by atoms with E-state index in [9.17, 15) is 9.59 Å². The fourth-order valence-corrected chi connectivity index (χ4v) is 1.41. The molecule has 5 heteroatoms. The lowest BCUT2D eigenvalue weighted by Crippen LogP contribution is -2.21. The first-order valence-corrected chi connectivity index (χ1v) is 4.48. The fourth-order valence-electron chi connectivity index (χ4n) is 1.41. The average molecular weight is 203 g/mol. The van der Waals surface area contributed by atoms with Gasteiger partial charge in [-0.2, -0.15) is 0 Å². The van der Waals surface area contributed by atoms with Gasteiger partial charge in [-0.05, 0) is 18.6 Å². The highest BCUT2D eigenvalue weighted by Gasteiger charge is 2.04. The van der Waals surface area contributed by atoms with E-state index in [0.29, 0.717) is 17.5 Å². The quantitative estimate of drug-likeness (QED) is 0.658. The Morgan fingerprint density at radius 1 is 1.40 bits per heavy atom.